The van der Waals surface area contributed by atoms with Crippen LogP contribution in [0.4, 0.5) is 34.1 Å². The molecule has 0 aliphatic heterocycles. The van der Waals surface area contributed by atoms with Gasteiger partial charge in [0, 0.05) is 50.4 Å². The third kappa shape index (κ3) is 5.39. The van der Waals surface area contributed by atoms with E-state index in [1.807, 2.05) is 12.1 Å². The lowest BCUT2D eigenvalue weighted by atomic mass is 10.0. The summed E-state index contributed by atoms with van der Waals surface area (Å²) in [5.41, 5.74) is 11.9. The monoisotopic (exact) mass is 718 g/mol. The van der Waals surface area contributed by atoms with Crippen LogP contribution in [0.5, 0.6) is 0 Å². The molecule has 0 unspecified atom stereocenters. The molecular formula is C52H34N2O2. The van der Waals surface area contributed by atoms with Crippen LogP contribution in [0.25, 0.3) is 65.8 Å². The number of para-hydroxylation sites is 4. The number of fused-ring (bicyclic) bond motifs is 7. The van der Waals surface area contributed by atoms with Crippen molar-refractivity contribution in [2.24, 2.45) is 0 Å². The van der Waals surface area contributed by atoms with Crippen molar-refractivity contribution in [3.05, 3.63) is 206 Å². The second-order valence-corrected chi connectivity index (χ2v) is 14.2. The van der Waals surface area contributed by atoms with Gasteiger partial charge in [-0.2, -0.15) is 0 Å². The fourth-order valence-electron chi connectivity index (χ4n) is 8.14. The predicted octanol–water partition coefficient (Wildman–Crippen LogP) is 15.2. The molecule has 0 N–H and O–H groups in total. The SMILES string of the molecule is c1ccc(N(c2ccccc2)c2ccc3oc4c(N(c5ccc(-c6ccc7ccccc7c6)cc5)c5ccc6c(c5)oc5ccccc56)cccc4c3c2)cc1. The summed E-state index contributed by atoms with van der Waals surface area (Å²) in [6, 6.07) is 72.6. The number of hydrogen-bond acceptors (Lipinski definition) is 4. The van der Waals surface area contributed by atoms with Crippen molar-refractivity contribution in [1.82, 2.24) is 0 Å². The molecule has 0 fully saturated rings. The highest BCUT2D eigenvalue weighted by atomic mass is 16.3. The van der Waals surface area contributed by atoms with E-state index in [1.165, 1.54) is 16.3 Å². The molecule has 0 aliphatic rings. The van der Waals surface area contributed by atoms with Gasteiger partial charge in [0.05, 0.1) is 11.4 Å². The van der Waals surface area contributed by atoms with Crippen LogP contribution in [0.15, 0.2) is 215 Å². The average Bonchev–Trinajstić information content (AvgIpc) is 3.83. The molecule has 0 amide bonds. The van der Waals surface area contributed by atoms with E-state index in [-0.39, 0.29) is 0 Å². The molecule has 0 saturated carbocycles. The summed E-state index contributed by atoms with van der Waals surface area (Å²) in [6.45, 7) is 0. The molecule has 11 rings (SSSR count). The van der Waals surface area contributed by atoms with Crippen molar-refractivity contribution < 1.29 is 8.83 Å². The summed E-state index contributed by atoms with van der Waals surface area (Å²) in [4.78, 5) is 4.57. The van der Waals surface area contributed by atoms with E-state index in [9.17, 15) is 0 Å². The van der Waals surface area contributed by atoms with Gasteiger partial charge >= 0.3 is 0 Å². The molecule has 4 nitrogen and oxygen atoms in total. The van der Waals surface area contributed by atoms with E-state index in [4.69, 9.17) is 8.83 Å². The summed E-state index contributed by atoms with van der Waals surface area (Å²) in [6.07, 6.45) is 0. The molecule has 0 atom stereocenters. The summed E-state index contributed by atoms with van der Waals surface area (Å²) in [5.74, 6) is 0. The van der Waals surface area contributed by atoms with Crippen LogP contribution in [0.1, 0.15) is 0 Å². The zero-order valence-electron chi connectivity index (χ0n) is 30.3. The number of nitrogens with zero attached hydrogens (tertiary/aromatic N) is 2. The van der Waals surface area contributed by atoms with Gasteiger partial charge in [-0.25, -0.2) is 0 Å². The highest BCUT2D eigenvalue weighted by molar-refractivity contribution is 6.12. The quantitative estimate of drug-likeness (QED) is 0.164. The molecule has 4 heteroatoms. The number of rotatable bonds is 7. The number of hydrogen-bond donors (Lipinski definition) is 0. The highest BCUT2D eigenvalue weighted by Crippen LogP contribution is 2.45. The van der Waals surface area contributed by atoms with Crippen LogP contribution in [0.3, 0.4) is 0 Å². The Bertz CT molecular complexity index is 3160. The largest absolute Gasteiger partial charge is 0.456 e. The summed E-state index contributed by atoms with van der Waals surface area (Å²) in [7, 11) is 0. The van der Waals surface area contributed by atoms with Crippen LogP contribution in [0, 0.1) is 0 Å². The van der Waals surface area contributed by atoms with Gasteiger partial charge in [-0.05, 0) is 107 Å². The fourth-order valence-corrected chi connectivity index (χ4v) is 8.14. The van der Waals surface area contributed by atoms with E-state index in [0.717, 1.165) is 83.6 Å². The van der Waals surface area contributed by atoms with E-state index in [1.54, 1.807) is 0 Å². The van der Waals surface area contributed by atoms with Gasteiger partial charge in [-0.15, -0.1) is 0 Å². The molecule has 0 bridgehead atoms. The molecule has 0 saturated heterocycles. The van der Waals surface area contributed by atoms with E-state index >= 15 is 0 Å². The van der Waals surface area contributed by atoms with Crippen molar-refractivity contribution in [3.63, 3.8) is 0 Å². The molecule has 9 aromatic carbocycles. The van der Waals surface area contributed by atoms with Gasteiger partial charge in [-0.1, -0.05) is 115 Å². The Hall–Kier alpha value is -7.56. The molecule has 2 aromatic heterocycles. The van der Waals surface area contributed by atoms with Crippen LogP contribution >= 0.6 is 0 Å². The molecular weight excluding hydrogens is 685 g/mol. The molecule has 264 valence electrons. The van der Waals surface area contributed by atoms with Gasteiger partial charge in [0.25, 0.3) is 0 Å². The maximum Gasteiger partial charge on any atom is 0.159 e. The molecule has 11 aromatic rings. The molecule has 0 radical (unpaired) electrons. The van der Waals surface area contributed by atoms with Crippen molar-refractivity contribution in [1.29, 1.82) is 0 Å². The lowest BCUT2D eigenvalue weighted by Crippen LogP contribution is -2.10. The first-order valence-electron chi connectivity index (χ1n) is 18.9. The first-order chi connectivity index (χ1) is 27.7. The van der Waals surface area contributed by atoms with Crippen molar-refractivity contribution >= 4 is 88.8 Å². The van der Waals surface area contributed by atoms with Crippen LogP contribution in [0.2, 0.25) is 0 Å². The fraction of sp³-hybridized carbons (Fsp3) is 0. The Labute approximate surface area is 323 Å². The van der Waals surface area contributed by atoms with Crippen molar-refractivity contribution in [2.45, 2.75) is 0 Å². The Balaban J connectivity index is 1.07. The standard InChI is InChI=1S/C52H34N2O2/c1-3-14-39(15-4-1)53(40-16-5-2-6-17-40)42-29-31-50-47(33-42)46-19-11-20-48(52(46)56-50)54(43-28-30-45-44-18-9-10-21-49(44)55-51(45)34-43)41-26-24-36(25-27-41)38-23-22-35-12-7-8-13-37(35)32-38/h1-34H. The first-order valence-corrected chi connectivity index (χ1v) is 18.9. The first kappa shape index (κ1) is 31.9. The van der Waals surface area contributed by atoms with E-state index in [0.29, 0.717) is 0 Å². The van der Waals surface area contributed by atoms with Gasteiger partial charge in [0.2, 0.25) is 0 Å². The molecule has 2 heterocycles. The van der Waals surface area contributed by atoms with Crippen LogP contribution in [-0.4, -0.2) is 0 Å². The topological polar surface area (TPSA) is 32.8 Å². The molecule has 0 spiro atoms. The highest BCUT2D eigenvalue weighted by Gasteiger charge is 2.22. The van der Waals surface area contributed by atoms with Gasteiger partial charge in [-0.3, -0.25) is 0 Å². The van der Waals surface area contributed by atoms with Crippen LogP contribution < -0.4 is 9.80 Å². The Morgan fingerprint density at radius 2 is 0.875 bits per heavy atom. The van der Waals surface area contributed by atoms with Crippen molar-refractivity contribution in [3.8, 4) is 11.1 Å². The third-order valence-corrected chi connectivity index (χ3v) is 10.8. The Kier molecular flexibility index (Phi) is 7.46. The minimum Gasteiger partial charge on any atom is -0.456 e. The van der Waals surface area contributed by atoms with Gasteiger partial charge < -0.3 is 18.6 Å². The Morgan fingerprint density at radius 3 is 1.68 bits per heavy atom. The number of anilines is 6. The molecule has 0 aliphatic carbocycles. The zero-order chi connectivity index (χ0) is 37.0. The summed E-state index contributed by atoms with van der Waals surface area (Å²) >= 11 is 0. The zero-order valence-corrected chi connectivity index (χ0v) is 30.3. The maximum absolute atomic E-state index is 6.84. The second-order valence-electron chi connectivity index (χ2n) is 14.2. The lowest BCUT2D eigenvalue weighted by molar-refractivity contribution is 0.667. The van der Waals surface area contributed by atoms with Crippen molar-refractivity contribution in [2.75, 3.05) is 9.80 Å². The smallest absolute Gasteiger partial charge is 0.159 e. The number of benzene rings is 9. The van der Waals surface area contributed by atoms with Gasteiger partial charge in [0.1, 0.15) is 16.7 Å². The van der Waals surface area contributed by atoms with Crippen LogP contribution in [-0.2, 0) is 0 Å². The summed E-state index contributed by atoms with van der Waals surface area (Å²) < 4.78 is 13.3. The molecule has 56 heavy (non-hydrogen) atoms. The minimum absolute atomic E-state index is 0.814. The average molecular weight is 719 g/mol. The lowest BCUT2D eigenvalue weighted by Gasteiger charge is -2.26. The number of furan rings is 2. The predicted molar refractivity (Wildman–Crippen MR) is 233 cm³/mol. The summed E-state index contributed by atoms with van der Waals surface area (Å²) in [5, 5.41) is 6.75. The van der Waals surface area contributed by atoms with Gasteiger partial charge in [0.15, 0.2) is 5.58 Å². The van der Waals surface area contributed by atoms with E-state index in [2.05, 4.69) is 204 Å². The Morgan fingerprint density at radius 1 is 0.286 bits per heavy atom. The minimum atomic E-state index is 0.814. The normalized spacial score (nSPS) is 11.6. The third-order valence-electron chi connectivity index (χ3n) is 10.8. The van der Waals surface area contributed by atoms with E-state index < -0.39 is 0 Å². The maximum atomic E-state index is 6.84. The second kappa shape index (κ2) is 13.1.